The molecule has 0 unspecified atom stereocenters. The molecular weight excluding hydrogens is 352 g/mol. The molecule has 3 rings (SSSR count). The molecule has 3 amide bonds. The predicted octanol–water partition coefficient (Wildman–Crippen LogP) is 1.97. The molecule has 0 aliphatic carbocycles. The van der Waals surface area contributed by atoms with Gasteiger partial charge in [-0.25, -0.2) is 8.78 Å². The molecule has 1 saturated heterocycles. The molecule has 1 aliphatic rings. The fraction of sp³-hybridized carbons (Fsp3) is 0.375. The monoisotopic (exact) mass is 367 g/mol. The third-order valence-electron chi connectivity index (χ3n) is 3.81. The lowest BCUT2D eigenvalue weighted by molar-refractivity contribution is -0.141. The van der Waals surface area contributed by atoms with Gasteiger partial charge in [0, 0.05) is 25.5 Å². The van der Waals surface area contributed by atoms with Crippen molar-refractivity contribution in [3.8, 4) is 0 Å². The van der Waals surface area contributed by atoms with Gasteiger partial charge in [0.25, 0.3) is 5.91 Å². The Labute approximate surface area is 145 Å². The minimum Gasteiger partial charge on any atom is -0.314 e. The van der Waals surface area contributed by atoms with Crippen molar-refractivity contribution in [2.24, 2.45) is 4.99 Å². The van der Waals surface area contributed by atoms with Crippen molar-refractivity contribution < 1.29 is 23.2 Å². The van der Waals surface area contributed by atoms with Crippen LogP contribution in [0.25, 0.3) is 10.2 Å². The van der Waals surface area contributed by atoms with Crippen LogP contribution in [0, 0.1) is 11.6 Å². The van der Waals surface area contributed by atoms with Crippen LogP contribution < -0.4 is 4.80 Å². The Morgan fingerprint density at radius 3 is 2.56 bits per heavy atom. The van der Waals surface area contributed by atoms with Crippen molar-refractivity contribution in [3.05, 3.63) is 28.6 Å². The van der Waals surface area contributed by atoms with E-state index >= 15 is 0 Å². The smallest absolute Gasteiger partial charge is 0.268 e. The van der Waals surface area contributed by atoms with Crippen molar-refractivity contribution in [3.63, 3.8) is 0 Å². The largest absolute Gasteiger partial charge is 0.314 e. The van der Waals surface area contributed by atoms with Crippen LogP contribution in [0.1, 0.15) is 26.2 Å². The van der Waals surface area contributed by atoms with Crippen LogP contribution in [0.15, 0.2) is 17.1 Å². The molecule has 1 fully saturated rings. The molecule has 25 heavy (non-hydrogen) atoms. The van der Waals surface area contributed by atoms with Crippen LogP contribution in [0.5, 0.6) is 0 Å². The number of aryl methyl sites for hydroxylation is 1. The first-order valence-corrected chi connectivity index (χ1v) is 8.61. The highest BCUT2D eigenvalue weighted by molar-refractivity contribution is 7.16. The summed E-state index contributed by atoms with van der Waals surface area (Å²) in [5.41, 5.74) is 0.188. The van der Waals surface area contributed by atoms with E-state index in [1.54, 1.807) is 0 Å². The average Bonchev–Trinajstić information content (AvgIpc) is 3.02. The Bertz CT molecular complexity index is 932. The molecule has 132 valence electrons. The summed E-state index contributed by atoms with van der Waals surface area (Å²) in [5.74, 6) is -2.92. The van der Waals surface area contributed by atoms with Gasteiger partial charge in [0.2, 0.25) is 11.8 Å². The predicted molar refractivity (Wildman–Crippen MR) is 86.5 cm³/mol. The molecule has 2 heterocycles. The highest BCUT2D eigenvalue weighted by atomic mass is 32.1. The van der Waals surface area contributed by atoms with Crippen LogP contribution in [0.3, 0.4) is 0 Å². The number of likely N-dealkylation sites (tertiary alicyclic amines) is 1. The number of aromatic nitrogens is 1. The van der Waals surface area contributed by atoms with Gasteiger partial charge in [-0.3, -0.25) is 19.3 Å². The average molecular weight is 367 g/mol. The molecule has 0 saturated carbocycles. The zero-order valence-electron chi connectivity index (χ0n) is 13.4. The number of hydrogen-bond acceptors (Lipinski definition) is 4. The number of thiazole rings is 1. The lowest BCUT2D eigenvalue weighted by Gasteiger charge is -2.10. The van der Waals surface area contributed by atoms with Crippen molar-refractivity contribution in [1.29, 1.82) is 0 Å². The summed E-state index contributed by atoms with van der Waals surface area (Å²) in [4.78, 5) is 40.3. The fourth-order valence-corrected chi connectivity index (χ4v) is 3.83. The van der Waals surface area contributed by atoms with Gasteiger partial charge in [-0.15, -0.1) is 0 Å². The van der Waals surface area contributed by atoms with E-state index < -0.39 is 35.9 Å². The maximum Gasteiger partial charge on any atom is 0.268 e. The Morgan fingerprint density at radius 1 is 1.24 bits per heavy atom. The third-order valence-corrected chi connectivity index (χ3v) is 4.84. The van der Waals surface area contributed by atoms with Gasteiger partial charge in [0.05, 0.1) is 10.2 Å². The summed E-state index contributed by atoms with van der Waals surface area (Å²) >= 11 is 0.987. The Morgan fingerprint density at radius 2 is 1.92 bits per heavy atom. The number of amides is 3. The van der Waals surface area contributed by atoms with E-state index in [9.17, 15) is 23.2 Å². The number of imide groups is 1. The zero-order chi connectivity index (χ0) is 18.1. The summed E-state index contributed by atoms with van der Waals surface area (Å²) in [6.07, 6.45) is 0.845. The van der Waals surface area contributed by atoms with Crippen molar-refractivity contribution >= 4 is 39.3 Å². The molecule has 6 nitrogen and oxygen atoms in total. The quantitative estimate of drug-likeness (QED) is 0.776. The van der Waals surface area contributed by atoms with E-state index in [-0.39, 0.29) is 23.2 Å². The maximum absolute atomic E-state index is 14.1. The number of benzene rings is 1. The van der Waals surface area contributed by atoms with E-state index in [1.807, 2.05) is 6.92 Å². The second-order valence-electron chi connectivity index (χ2n) is 5.65. The molecule has 0 atom stereocenters. The van der Waals surface area contributed by atoms with E-state index in [4.69, 9.17) is 0 Å². The zero-order valence-corrected chi connectivity index (χ0v) is 14.2. The van der Waals surface area contributed by atoms with Gasteiger partial charge in [-0.05, 0) is 12.5 Å². The number of carbonyl (C=O) groups is 3. The van der Waals surface area contributed by atoms with Crippen LogP contribution in [0.4, 0.5) is 8.78 Å². The Kier molecular flexibility index (Phi) is 4.76. The molecule has 0 N–H and O–H groups in total. The summed E-state index contributed by atoms with van der Waals surface area (Å²) < 4.78 is 29.4. The van der Waals surface area contributed by atoms with Gasteiger partial charge in [0.1, 0.15) is 12.4 Å². The Hall–Kier alpha value is -2.42. The van der Waals surface area contributed by atoms with Crippen molar-refractivity contribution in [2.45, 2.75) is 32.7 Å². The van der Waals surface area contributed by atoms with Crippen LogP contribution in [0.2, 0.25) is 0 Å². The first kappa shape index (κ1) is 17.4. The minimum absolute atomic E-state index is 0.0926. The number of fused-ring (bicyclic) bond motifs is 1. The SMILES string of the molecule is CCCn1c(=NC(=O)CN2C(=O)CCC2=O)sc2cc(F)cc(F)c21. The number of halogens is 2. The fourth-order valence-electron chi connectivity index (χ4n) is 2.72. The molecule has 1 aromatic carbocycles. The summed E-state index contributed by atoms with van der Waals surface area (Å²) in [6, 6.07) is 1.97. The summed E-state index contributed by atoms with van der Waals surface area (Å²) in [7, 11) is 0. The highest BCUT2D eigenvalue weighted by Crippen LogP contribution is 2.22. The standard InChI is InChI=1S/C16H15F2N3O3S/c1-2-5-20-15-10(18)6-9(17)7-11(15)25-16(20)19-12(22)8-21-13(23)3-4-14(21)24/h6-7H,2-5,8H2,1H3. The van der Waals surface area contributed by atoms with E-state index in [1.165, 1.54) is 10.6 Å². The normalized spacial score (nSPS) is 15.6. The minimum atomic E-state index is -0.724. The van der Waals surface area contributed by atoms with Crippen LogP contribution in [-0.2, 0) is 20.9 Å². The second-order valence-corrected chi connectivity index (χ2v) is 6.66. The van der Waals surface area contributed by atoms with E-state index in [2.05, 4.69) is 4.99 Å². The summed E-state index contributed by atoms with van der Waals surface area (Å²) in [6.45, 7) is 1.84. The maximum atomic E-state index is 14.1. The number of carbonyl (C=O) groups excluding carboxylic acids is 3. The molecule has 2 aromatic rings. The molecular formula is C16H15F2N3O3S. The highest BCUT2D eigenvalue weighted by Gasteiger charge is 2.30. The van der Waals surface area contributed by atoms with Crippen molar-refractivity contribution in [2.75, 3.05) is 6.54 Å². The van der Waals surface area contributed by atoms with Gasteiger partial charge in [-0.1, -0.05) is 18.3 Å². The van der Waals surface area contributed by atoms with Crippen LogP contribution in [-0.4, -0.2) is 33.7 Å². The summed E-state index contributed by atoms with van der Waals surface area (Å²) in [5, 5.41) is 0. The third kappa shape index (κ3) is 3.37. The van der Waals surface area contributed by atoms with Gasteiger partial charge in [0.15, 0.2) is 10.6 Å². The number of hydrogen-bond donors (Lipinski definition) is 0. The molecule has 1 aromatic heterocycles. The number of rotatable bonds is 4. The molecule has 9 heteroatoms. The number of nitrogens with zero attached hydrogens (tertiary/aromatic N) is 3. The van der Waals surface area contributed by atoms with E-state index in [0.29, 0.717) is 17.7 Å². The first-order chi connectivity index (χ1) is 11.9. The van der Waals surface area contributed by atoms with E-state index in [0.717, 1.165) is 22.3 Å². The van der Waals surface area contributed by atoms with Gasteiger partial charge < -0.3 is 4.57 Å². The van der Waals surface area contributed by atoms with Crippen LogP contribution >= 0.6 is 11.3 Å². The second kappa shape index (κ2) is 6.83. The van der Waals surface area contributed by atoms with Gasteiger partial charge in [-0.2, -0.15) is 4.99 Å². The lowest BCUT2D eigenvalue weighted by Crippen LogP contribution is -2.34. The Balaban J connectivity index is 2.01. The molecule has 0 bridgehead atoms. The molecule has 0 radical (unpaired) electrons. The molecule has 1 aliphatic heterocycles. The topological polar surface area (TPSA) is 71.7 Å². The lowest BCUT2D eigenvalue weighted by atomic mass is 10.3. The van der Waals surface area contributed by atoms with Gasteiger partial charge >= 0.3 is 0 Å². The van der Waals surface area contributed by atoms with Crippen molar-refractivity contribution in [1.82, 2.24) is 9.47 Å². The first-order valence-electron chi connectivity index (χ1n) is 7.80. The molecule has 0 spiro atoms.